The van der Waals surface area contributed by atoms with Crippen LogP contribution < -0.4 is 15.2 Å². The second-order valence-corrected chi connectivity index (χ2v) is 8.10. The molecular formula is C14H21BrN2O4S. The Kier molecular flexibility index (Phi) is 5.37. The minimum absolute atomic E-state index is 0.0512. The molecule has 1 aliphatic rings. The van der Waals surface area contributed by atoms with E-state index in [0.29, 0.717) is 35.4 Å². The van der Waals surface area contributed by atoms with Crippen molar-refractivity contribution in [3.05, 3.63) is 16.6 Å². The van der Waals surface area contributed by atoms with E-state index in [9.17, 15) is 8.42 Å². The van der Waals surface area contributed by atoms with Crippen LogP contribution in [0.5, 0.6) is 11.5 Å². The summed E-state index contributed by atoms with van der Waals surface area (Å²) in [4.78, 5) is 0.174. The Labute approximate surface area is 139 Å². The van der Waals surface area contributed by atoms with Gasteiger partial charge in [0, 0.05) is 29.2 Å². The number of rotatable bonds is 4. The predicted octanol–water partition coefficient (Wildman–Crippen LogP) is 1.97. The molecule has 0 aliphatic carbocycles. The van der Waals surface area contributed by atoms with Crippen molar-refractivity contribution in [2.24, 2.45) is 5.73 Å². The first-order valence-corrected chi connectivity index (χ1v) is 9.23. The van der Waals surface area contributed by atoms with E-state index in [4.69, 9.17) is 15.2 Å². The number of methoxy groups -OCH3 is 2. The molecule has 1 fully saturated rings. The third-order valence-corrected chi connectivity index (χ3v) is 6.85. The minimum Gasteiger partial charge on any atom is -0.493 e. The molecule has 8 heteroatoms. The average Bonchev–Trinajstić information content (AvgIpc) is 2.46. The molecule has 0 aromatic heterocycles. The molecule has 22 heavy (non-hydrogen) atoms. The van der Waals surface area contributed by atoms with Gasteiger partial charge in [-0.1, -0.05) is 0 Å². The van der Waals surface area contributed by atoms with Gasteiger partial charge >= 0.3 is 0 Å². The molecule has 2 atom stereocenters. The Balaban J connectivity index is 2.45. The van der Waals surface area contributed by atoms with E-state index in [2.05, 4.69) is 15.9 Å². The van der Waals surface area contributed by atoms with E-state index in [1.807, 2.05) is 6.92 Å². The van der Waals surface area contributed by atoms with Crippen molar-refractivity contribution in [1.82, 2.24) is 4.31 Å². The maximum absolute atomic E-state index is 13.0. The van der Waals surface area contributed by atoms with Crippen LogP contribution >= 0.6 is 15.9 Å². The molecule has 1 aromatic rings. The summed E-state index contributed by atoms with van der Waals surface area (Å²) in [5.74, 6) is 0.854. The lowest BCUT2D eigenvalue weighted by Gasteiger charge is -2.35. The molecular weight excluding hydrogens is 372 g/mol. The highest BCUT2D eigenvalue weighted by atomic mass is 79.9. The molecule has 0 bridgehead atoms. The van der Waals surface area contributed by atoms with E-state index in [1.54, 1.807) is 6.07 Å². The first-order valence-electron chi connectivity index (χ1n) is 7.00. The number of halogens is 1. The summed E-state index contributed by atoms with van der Waals surface area (Å²) in [5.41, 5.74) is 5.92. The lowest BCUT2D eigenvalue weighted by Crippen LogP contribution is -2.48. The number of hydrogen-bond acceptors (Lipinski definition) is 5. The van der Waals surface area contributed by atoms with Crippen molar-refractivity contribution in [2.75, 3.05) is 20.8 Å². The lowest BCUT2D eigenvalue weighted by atomic mass is 10.0. The van der Waals surface area contributed by atoms with E-state index >= 15 is 0 Å². The van der Waals surface area contributed by atoms with Gasteiger partial charge in [0.25, 0.3) is 0 Å². The monoisotopic (exact) mass is 392 g/mol. The standard InChI is InChI=1S/C14H21BrN2O4S/c1-9-6-10(16)4-5-17(9)22(18,19)14-8-13(21-3)12(20-2)7-11(14)15/h7-10H,4-6,16H2,1-3H3/t9-,10-/m0/s1. The molecule has 0 radical (unpaired) electrons. The van der Waals surface area contributed by atoms with Crippen LogP contribution in [0, 0.1) is 0 Å². The molecule has 6 nitrogen and oxygen atoms in total. The molecule has 124 valence electrons. The van der Waals surface area contributed by atoms with Gasteiger partial charge < -0.3 is 15.2 Å². The molecule has 0 spiro atoms. The van der Waals surface area contributed by atoms with Gasteiger partial charge in [-0.15, -0.1) is 0 Å². The van der Waals surface area contributed by atoms with E-state index in [1.165, 1.54) is 24.6 Å². The van der Waals surface area contributed by atoms with Crippen LogP contribution in [0.25, 0.3) is 0 Å². The zero-order valence-corrected chi connectivity index (χ0v) is 15.3. The SMILES string of the molecule is COc1cc(Br)c(S(=O)(=O)N2CC[C@H](N)C[C@@H]2C)cc1OC. The summed E-state index contributed by atoms with van der Waals surface area (Å²) >= 11 is 3.32. The highest BCUT2D eigenvalue weighted by molar-refractivity contribution is 9.10. The van der Waals surface area contributed by atoms with Crippen LogP contribution in [-0.4, -0.2) is 45.6 Å². The molecule has 0 unspecified atom stereocenters. The van der Waals surface area contributed by atoms with Gasteiger partial charge in [0.1, 0.15) is 4.90 Å². The van der Waals surface area contributed by atoms with Crippen molar-refractivity contribution in [1.29, 1.82) is 0 Å². The number of piperidine rings is 1. The number of sulfonamides is 1. The zero-order valence-electron chi connectivity index (χ0n) is 12.9. The van der Waals surface area contributed by atoms with Crippen LogP contribution in [0.4, 0.5) is 0 Å². The molecule has 1 aliphatic heterocycles. The summed E-state index contributed by atoms with van der Waals surface area (Å²) in [6.07, 6.45) is 1.32. The van der Waals surface area contributed by atoms with Crippen molar-refractivity contribution < 1.29 is 17.9 Å². The van der Waals surface area contributed by atoms with E-state index in [-0.39, 0.29) is 17.0 Å². The second kappa shape index (κ2) is 6.74. The van der Waals surface area contributed by atoms with Gasteiger partial charge in [0.2, 0.25) is 10.0 Å². The fourth-order valence-corrected chi connectivity index (χ4v) is 5.36. The fourth-order valence-electron chi connectivity index (χ4n) is 2.70. The summed E-state index contributed by atoms with van der Waals surface area (Å²) in [7, 11) is -0.644. The third-order valence-electron chi connectivity index (χ3n) is 3.88. The Hall–Kier alpha value is -0.830. The lowest BCUT2D eigenvalue weighted by molar-refractivity contribution is 0.247. The number of nitrogens with zero attached hydrogens (tertiary/aromatic N) is 1. The van der Waals surface area contributed by atoms with Crippen molar-refractivity contribution in [2.45, 2.75) is 36.7 Å². The Morgan fingerprint density at radius 1 is 1.27 bits per heavy atom. The highest BCUT2D eigenvalue weighted by Crippen LogP contribution is 2.37. The molecule has 2 rings (SSSR count). The highest BCUT2D eigenvalue weighted by Gasteiger charge is 2.35. The van der Waals surface area contributed by atoms with Crippen LogP contribution in [0.3, 0.4) is 0 Å². The molecule has 1 aromatic carbocycles. The van der Waals surface area contributed by atoms with Crippen LogP contribution in [0.1, 0.15) is 19.8 Å². The normalized spacial score (nSPS) is 23.3. The van der Waals surface area contributed by atoms with Gasteiger partial charge in [-0.2, -0.15) is 4.31 Å². The van der Waals surface area contributed by atoms with E-state index < -0.39 is 10.0 Å². The number of ether oxygens (including phenoxy) is 2. The van der Waals surface area contributed by atoms with E-state index in [0.717, 1.165) is 0 Å². The second-order valence-electron chi connectivity index (χ2n) is 5.39. The summed E-state index contributed by atoms with van der Waals surface area (Å²) in [5, 5.41) is 0. The molecule has 2 N–H and O–H groups in total. The maximum atomic E-state index is 13.0. The zero-order chi connectivity index (χ0) is 16.5. The average molecular weight is 393 g/mol. The Bertz CT molecular complexity index is 650. The van der Waals surface area contributed by atoms with Crippen LogP contribution in [0.15, 0.2) is 21.5 Å². The van der Waals surface area contributed by atoms with Gasteiger partial charge in [-0.3, -0.25) is 0 Å². The molecule has 1 saturated heterocycles. The predicted molar refractivity (Wildman–Crippen MR) is 87.8 cm³/mol. The largest absolute Gasteiger partial charge is 0.493 e. The first kappa shape index (κ1) is 17.5. The van der Waals surface area contributed by atoms with Crippen molar-refractivity contribution >= 4 is 26.0 Å². The van der Waals surface area contributed by atoms with Crippen molar-refractivity contribution in [3.63, 3.8) is 0 Å². The van der Waals surface area contributed by atoms with Crippen LogP contribution in [0.2, 0.25) is 0 Å². The quantitative estimate of drug-likeness (QED) is 0.846. The van der Waals surface area contributed by atoms with Gasteiger partial charge in [0.05, 0.1) is 14.2 Å². The summed E-state index contributed by atoms with van der Waals surface area (Å²) in [6, 6.07) is 3.01. The van der Waals surface area contributed by atoms with Crippen LogP contribution in [-0.2, 0) is 10.0 Å². The van der Waals surface area contributed by atoms with Crippen molar-refractivity contribution in [3.8, 4) is 11.5 Å². The molecule has 0 saturated carbocycles. The fraction of sp³-hybridized carbons (Fsp3) is 0.571. The van der Waals surface area contributed by atoms with Gasteiger partial charge in [0.15, 0.2) is 11.5 Å². The Morgan fingerprint density at radius 2 is 1.86 bits per heavy atom. The molecule has 0 amide bonds. The number of nitrogens with two attached hydrogens (primary N) is 1. The minimum atomic E-state index is -3.63. The smallest absolute Gasteiger partial charge is 0.244 e. The Morgan fingerprint density at radius 3 is 2.41 bits per heavy atom. The van der Waals surface area contributed by atoms with Gasteiger partial charge in [-0.25, -0.2) is 8.42 Å². The first-order chi connectivity index (χ1) is 10.3. The summed E-state index contributed by atoms with van der Waals surface area (Å²) in [6.45, 7) is 2.30. The maximum Gasteiger partial charge on any atom is 0.244 e. The molecule has 1 heterocycles. The number of hydrogen-bond donors (Lipinski definition) is 1. The topological polar surface area (TPSA) is 81.9 Å². The third kappa shape index (κ3) is 3.24. The number of benzene rings is 1. The van der Waals surface area contributed by atoms with Gasteiger partial charge in [-0.05, 0) is 41.8 Å². The summed E-state index contributed by atoms with van der Waals surface area (Å²) < 4.78 is 38.3.